The van der Waals surface area contributed by atoms with Gasteiger partial charge in [0.2, 0.25) is 5.91 Å². The Morgan fingerprint density at radius 1 is 1.21 bits per heavy atom. The summed E-state index contributed by atoms with van der Waals surface area (Å²) in [6.45, 7) is 3.62. The molecule has 0 radical (unpaired) electrons. The molecule has 0 aliphatic heterocycles. The monoisotopic (exact) mass is 260 g/mol. The Morgan fingerprint density at radius 2 is 1.89 bits per heavy atom. The summed E-state index contributed by atoms with van der Waals surface area (Å²) in [4.78, 5) is 11.8. The van der Waals surface area contributed by atoms with Gasteiger partial charge in [-0.2, -0.15) is 0 Å². The Bertz CT molecular complexity index is 396. The van der Waals surface area contributed by atoms with Gasteiger partial charge in [-0.3, -0.25) is 4.79 Å². The van der Waals surface area contributed by atoms with E-state index in [1.54, 1.807) is 0 Å². The fourth-order valence-corrected chi connectivity index (χ4v) is 2.95. The second kappa shape index (κ2) is 6.71. The van der Waals surface area contributed by atoms with Crippen LogP contribution in [0.1, 0.15) is 39.0 Å². The van der Waals surface area contributed by atoms with E-state index < -0.39 is 0 Å². The van der Waals surface area contributed by atoms with Crippen molar-refractivity contribution in [3.63, 3.8) is 0 Å². The summed E-state index contributed by atoms with van der Waals surface area (Å²) in [5.74, 6) is 0.0375. The Morgan fingerprint density at radius 3 is 2.53 bits per heavy atom. The van der Waals surface area contributed by atoms with Crippen molar-refractivity contribution >= 4 is 11.6 Å². The van der Waals surface area contributed by atoms with E-state index in [-0.39, 0.29) is 5.91 Å². The molecule has 1 aromatic rings. The summed E-state index contributed by atoms with van der Waals surface area (Å²) in [6.07, 6.45) is 6.49. The van der Waals surface area contributed by atoms with E-state index in [2.05, 4.69) is 17.6 Å². The van der Waals surface area contributed by atoms with Gasteiger partial charge in [0.05, 0.1) is 6.54 Å². The van der Waals surface area contributed by atoms with Gasteiger partial charge in [-0.05, 0) is 36.8 Å². The number of rotatable bonds is 6. The van der Waals surface area contributed by atoms with Crippen molar-refractivity contribution < 1.29 is 4.79 Å². The van der Waals surface area contributed by atoms with Gasteiger partial charge in [0.15, 0.2) is 0 Å². The molecular formula is C16H24N2O. The third-order valence-corrected chi connectivity index (χ3v) is 4.26. The topological polar surface area (TPSA) is 41.1 Å². The first kappa shape index (κ1) is 14.1. The Labute approximate surface area is 115 Å². The fourth-order valence-electron chi connectivity index (χ4n) is 2.95. The number of nitrogens with one attached hydrogen (secondary N) is 2. The minimum Gasteiger partial charge on any atom is -0.325 e. The molecular weight excluding hydrogens is 236 g/mol. The van der Waals surface area contributed by atoms with Crippen LogP contribution in [-0.2, 0) is 4.79 Å². The molecule has 3 nitrogen and oxygen atoms in total. The second-order valence-corrected chi connectivity index (χ2v) is 5.58. The van der Waals surface area contributed by atoms with Gasteiger partial charge >= 0.3 is 0 Å². The average Bonchev–Trinajstić information content (AvgIpc) is 2.89. The maximum Gasteiger partial charge on any atom is 0.238 e. The highest BCUT2D eigenvalue weighted by Gasteiger charge is 2.31. The largest absolute Gasteiger partial charge is 0.325 e. The molecule has 19 heavy (non-hydrogen) atoms. The maximum absolute atomic E-state index is 11.8. The van der Waals surface area contributed by atoms with Gasteiger partial charge in [0.1, 0.15) is 0 Å². The van der Waals surface area contributed by atoms with E-state index in [0.717, 1.165) is 12.2 Å². The maximum atomic E-state index is 11.8. The first-order valence-corrected chi connectivity index (χ1v) is 7.30. The van der Waals surface area contributed by atoms with Gasteiger partial charge in [0, 0.05) is 12.2 Å². The first-order valence-electron chi connectivity index (χ1n) is 7.30. The fraction of sp³-hybridized carbons (Fsp3) is 0.562. The molecule has 0 saturated heterocycles. The van der Waals surface area contributed by atoms with E-state index >= 15 is 0 Å². The lowest BCUT2D eigenvalue weighted by atomic mass is 9.83. The smallest absolute Gasteiger partial charge is 0.238 e. The lowest BCUT2D eigenvalue weighted by Crippen LogP contribution is -2.36. The van der Waals surface area contributed by atoms with Crippen LogP contribution in [0.25, 0.3) is 0 Å². The summed E-state index contributed by atoms with van der Waals surface area (Å²) in [6, 6.07) is 9.60. The van der Waals surface area contributed by atoms with Crippen molar-refractivity contribution in [2.24, 2.45) is 5.41 Å². The number of amides is 1. The van der Waals surface area contributed by atoms with E-state index in [4.69, 9.17) is 0 Å². The van der Waals surface area contributed by atoms with Crippen molar-refractivity contribution in [3.05, 3.63) is 30.3 Å². The molecule has 1 aliphatic rings. The predicted octanol–water partition coefficient (Wildman–Crippen LogP) is 3.19. The Balaban J connectivity index is 1.72. The zero-order chi connectivity index (χ0) is 13.6. The van der Waals surface area contributed by atoms with Crippen molar-refractivity contribution in [2.45, 2.75) is 39.0 Å². The number of carbonyl (C=O) groups is 1. The van der Waals surface area contributed by atoms with E-state index in [9.17, 15) is 4.79 Å². The van der Waals surface area contributed by atoms with Crippen molar-refractivity contribution in [2.75, 3.05) is 18.4 Å². The van der Waals surface area contributed by atoms with Gasteiger partial charge in [0.25, 0.3) is 0 Å². The second-order valence-electron chi connectivity index (χ2n) is 5.58. The number of benzene rings is 1. The molecule has 3 heteroatoms. The molecule has 0 bridgehead atoms. The molecule has 1 amide bonds. The van der Waals surface area contributed by atoms with Crippen LogP contribution in [0.5, 0.6) is 0 Å². The average molecular weight is 260 g/mol. The third-order valence-electron chi connectivity index (χ3n) is 4.26. The minimum atomic E-state index is 0.0375. The summed E-state index contributed by atoms with van der Waals surface area (Å²) in [5, 5.41) is 6.22. The molecule has 1 aliphatic carbocycles. The van der Waals surface area contributed by atoms with Crippen LogP contribution >= 0.6 is 0 Å². The third kappa shape index (κ3) is 4.06. The summed E-state index contributed by atoms with van der Waals surface area (Å²) in [7, 11) is 0. The zero-order valence-electron chi connectivity index (χ0n) is 11.7. The number of anilines is 1. The molecule has 1 fully saturated rings. The molecule has 0 atom stereocenters. The number of para-hydroxylation sites is 1. The molecule has 0 spiro atoms. The molecule has 2 rings (SSSR count). The molecule has 1 aromatic carbocycles. The van der Waals surface area contributed by atoms with Crippen LogP contribution in [-0.4, -0.2) is 19.0 Å². The van der Waals surface area contributed by atoms with Crippen LogP contribution in [0, 0.1) is 5.41 Å². The lowest BCUT2D eigenvalue weighted by molar-refractivity contribution is -0.115. The Kier molecular flexibility index (Phi) is 4.97. The summed E-state index contributed by atoms with van der Waals surface area (Å²) in [5.41, 5.74) is 1.30. The van der Waals surface area contributed by atoms with Gasteiger partial charge in [-0.25, -0.2) is 0 Å². The van der Waals surface area contributed by atoms with E-state index in [1.165, 1.54) is 32.1 Å². The molecule has 0 unspecified atom stereocenters. The van der Waals surface area contributed by atoms with Crippen molar-refractivity contribution in [1.82, 2.24) is 5.32 Å². The van der Waals surface area contributed by atoms with Crippen LogP contribution in [0.2, 0.25) is 0 Å². The molecule has 0 aromatic heterocycles. The SMILES string of the molecule is CCC1(CNCC(=O)Nc2ccccc2)CCCC1. The molecule has 104 valence electrons. The number of carbonyl (C=O) groups excluding carboxylic acids is 1. The lowest BCUT2D eigenvalue weighted by Gasteiger charge is -2.27. The normalized spacial score (nSPS) is 17.3. The van der Waals surface area contributed by atoms with Crippen LogP contribution in [0.4, 0.5) is 5.69 Å². The number of hydrogen-bond acceptors (Lipinski definition) is 2. The van der Waals surface area contributed by atoms with E-state index in [1.807, 2.05) is 30.3 Å². The highest BCUT2D eigenvalue weighted by molar-refractivity contribution is 5.92. The van der Waals surface area contributed by atoms with Crippen LogP contribution in [0.3, 0.4) is 0 Å². The molecule has 1 saturated carbocycles. The van der Waals surface area contributed by atoms with Gasteiger partial charge in [-0.15, -0.1) is 0 Å². The Hall–Kier alpha value is -1.35. The van der Waals surface area contributed by atoms with E-state index in [0.29, 0.717) is 12.0 Å². The van der Waals surface area contributed by atoms with Gasteiger partial charge in [-0.1, -0.05) is 38.0 Å². The standard InChI is InChI=1S/C16H24N2O/c1-2-16(10-6-7-11-16)13-17-12-15(19)18-14-8-4-3-5-9-14/h3-5,8-9,17H,2,6-7,10-13H2,1H3,(H,18,19). The highest BCUT2D eigenvalue weighted by atomic mass is 16.1. The van der Waals surface area contributed by atoms with Crippen molar-refractivity contribution in [3.8, 4) is 0 Å². The molecule has 2 N–H and O–H groups in total. The predicted molar refractivity (Wildman–Crippen MR) is 79.1 cm³/mol. The summed E-state index contributed by atoms with van der Waals surface area (Å²) < 4.78 is 0. The quantitative estimate of drug-likeness (QED) is 0.824. The number of hydrogen-bond donors (Lipinski definition) is 2. The molecule has 0 heterocycles. The van der Waals surface area contributed by atoms with Crippen LogP contribution in [0.15, 0.2) is 30.3 Å². The first-order chi connectivity index (χ1) is 9.24. The highest BCUT2D eigenvalue weighted by Crippen LogP contribution is 2.40. The van der Waals surface area contributed by atoms with Crippen molar-refractivity contribution in [1.29, 1.82) is 0 Å². The van der Waals surface area contributed by atoms with Gasteiger partial charge < -0.3 is 10.6 Å². The summed E-state index contributed by atoms with van der Waals surface area (Å²) >= 11 is 0. The van der Waals surface area contributed by atoms with Crippen LogP contribution < -0.4 is 10.6 Å². The zero-order valence-corrected chi connectivity index (χ0v) is 11.7. The minimum absolute atomic E-state index is 0.0375.